The van der Waals surface area contributed by atoms with Crippen LogP contribution in [0.4, 0.5) is 0 Å². The minimum atomic E-state index is -0.0794. The molecule has 4 aromatic rings. The van der Waals surface area contributed by atoms with Crippen LogP contribution in [0.1, 0.15) is 60.2 Å². The van der Waals surface area contributed by atoms with Gasteiger partial charge in [-0.25, -0.2) is 4.98 Å². The molecule has 1 N–H and O–H groups in total. The number of hydrogen-bond acceptors (Lipinski definition) is 4. The van der Waals surface area contributed by atoms with Gasteiger partial charge in [0.25, 0.3) is 5.91 Å². The van der Waals surface area contributed by atoms with Crippen LogP contribution in [-0.2, 0) is 17.8 Å². The first kappa shape index (κ1) is 29.2. The van der Waals surface area contributed by atoms with Crippen LogP contribution in [0, 0.1) is 27.7 Å². The molecule has 0 bridgehead atoms. The Balaban J connectivity index is 1.17. The third-order valence-electron chi connectivity index (χ3n) is 7.08. The molecule has 0 saturated heterocycles. The van der Waals surface area contributed by atoms with E-state index < -0.39 is 0 Å². The average Bonchev–Trinajstić information content (AvgIpc) is 3.27. The highest BCUT2D eigenvalue weighted by atomic mass is 16.5. The van der Waals surface area contributed by atoms with Crippen LogP contribution < -0.4 is 14.8 Å². The molecule has 0 aliphatic rings. The Morgan fingerprint density at radius 1 is 0.825 bits per heavy atom. The van der Waals surface area contributed by atoms with Gasteiger partial charge in [-0.15, -0.1) is 0 Å². The number of imidazole rings is 1. The zero-order valence-electron chi connectivity index (χ0n) is 24.5. The highest BCUT2D eigenvalue weighted by Crippen LogP contribution is 2.21. The summed E-state index contributed by atoms with van der Waals surface area (Å²) in [5.74, 6) is 2.79. The molecule has 1 heterocycles. The van der Waals surface area contributed by atoms with E-state index in [1.165, 1.54) is 16.6 Å². The third-order valence-corrected chi connectivity index (χ3v) is 7.08. The Morgan fingerprint density at radius 3 is 2.45 bits per heavy atom. The van der Waals surface area contributed by atoms with E-state index in [2.05, 4.69) is 60.1 Å². The molecule has 1 aromatic heterocycles. The van der Waals surface area contributed by atoms with Crippen molar-refractivity contribution in [3.8, 4) is 11.5 Å². The SMILES string of the molecule is Cc1cc(C)cc(OCCCCn2c(CCCCCNC(=O)COc3cc(C)ccc3C)nc3ccccc32)c1. The average molecular weight is 542 g/mol. The Labute approximate surface area is 238 Å². The van der Waals surface area contributed by atoms with Crippen LogP contribution in [0.5, 0.6) is 11.5 Å². The first-order valence-electron chi connectivity index (χ1n) is 14.5. The maximum absolute atomic E-state index is 12.2. The molecule has 0 fully saturated rings. The zero-order chi connectivity index (χ0) is 28.3. The Hall–Kier alpha value is -3.80. The molecule has 0 spiro atoms. The number of nitrogens with zero attached hydrogens (tertiary/aromatic N) is 2. The Kier molecular flexibility index (Phi) is 10.6. The molecule has 0 atom stereocenters. The molecule has 212 valence electrons. The molecule has 1 amide bonds. The standard InChI is InChI=1S/C34H43N3O3/c1-25-15-16-28(4)32(23-25)40-24-34(38)35-17-9-5-6-14-33-36-30-12-7-8-13-31(30)37(33)18-10-11-19-39-29-21-26(2)20-27(3)22-29/h7-8,12-13,15-16,20-23H,5-6,9-11,14,17-19,24H2,1-4H3,(H,35,38). The fourth-order valence-corrected chi connectivity index (χ4v) is 5.01. The number of benzene rings is 3. The second-order valence-corrected chi connectivity index (χ2v) is 10.8. The van der Waals surface area contributed by atoms with Gasteiger partial charge < -0.3 is 19.4 Å². The number of unbranched alkanes of at least 4 members (excludes halogenated alkanes) is 3. The summed E-state index contributed by atoms with van der Waals surface area (Å²) in [5.41, 5.74) is 6.87. The number of fused-ring (bicyclic) bond motifs is 1. The molecule has 6 heteroatoms. The number of amides is 1. The number of aromatic nitrogens is 2. The summed E-state index contributed by atoms with van der Waals surface area (Å²) >= 11 is 0. The fourth-order valence-electron chi connectivity index (χ4n) is 5.01. The fraction of sp³-hybridized carbons (Fsp3) is 0.412. The Bertz CT molecular complexity index is 1390. The number of nitrogens with one attached hydrogen (secondary N) is 1. The molecule has 40 heavy (non-hydrogen) atoms. The van der Waals surface area contributed by atoms with Crippen molar-refractivity contribution in [2.24, 2.45) is 0 Å². The molecule has 3 aromatic carbocycles. The normalized spacial score (nSPS) is 11.1. The van der Waals surface area contributed by atoms with E-state index in [1.54, 1.807) is 0 Å². The van der Waals surface area contributed by atoms with Gasteiger partial charge in [0.15, 0.2) is 6.61 Å². The molecule has 0 saturated carbocycles. The smallest absolute Gasteiger partial charge is 0.257 e. The van der Waals surface area contributed by atoms with E-state index in [4.69, 9.17) is 14.5 Å². The van der Waals surface area contributed by atoms with Gasteiger partial charge in [-0.05, 0) is 106 Å². The van der Waals surface area contributed by atoms with Crippen LogP contribution in [-0.4, -0.2) is 35.2 Å². The van der Waals surface area contributed by atoms with Gasteiger partial charge in [0.1, 0.15) is 17.3 Å². The number of hydrogen-bond donors (Lipinski definition) is 1. The lowest BCUT2D eigenvalue weighted by Gasteiger charge is -2.11. The quantitative estimate of drug-likeness (QED) is 0.164. The molecule has 6 nitrogen and oxygen atoms in total. The van der Waals surface area contributed by atoms with Crippen molar-refractivity contribution in [2.75, 3.05) is 19.8 Å². The van der Waals surface area contributed by atoms with E-state index in [0.717, 1.165) is 79.0 Å². The first-order valence-corrected chi connectivity index (χ1v) is 14.5. The minimum absolute atomic E-state index is 0.0456. The van der Waals surface area contributed by atoms with Crippen molar-refractivity contribution in [3.63, 3.8) is 0 Å². The monoisotopic (exact) mass is 541 g/mol. The van der Waals surface area contributed by atoms with E-state index >= 15 is 0 Å². The molecule has 0 aliphatic heterocycles. The van der Waals surface area contributed by atoms with Gasteiger partial charge in [-0.2, -0.15) is 0 Å². The molecule has 4 rings (SSSR count). The summed E-state index contributed by atoms with van der Waals surface area (Å²) in [4.78, 5) is 17.1. The second kappa shape index (κ2) is 14.5. The molecular weight excluding hydrogens is 498 g/mol. The predicted molar refractivity (Wildman–Crippen MR) is 162 cm³/mol. The van der Waals surface area contributed by atoms with E-state index in [1.807, 2.05) is 38.1 Å². The number of aryl methyl sites for hydroxylation is 6. The van der Waals surface area contributed by atoms with Gasteiger partial charge in [-0.1, -0.05) is 36.8 Å². The van der Waals surface area contributed by atoms with Gasteiger partial charge in [0.2, 0.25) is 0 Å². The lowest BCUT2D eigenvalue weighted by molar-refractivity contribution is -0.123. The van der Waals surface area contributed by atoms with Crippen molar-refractivity contribution in [1.29, 1.82) is 0 Å². The van der Waals surface area contributed by atoms with Crippen molar-refractivity contribution >= 4 is 16.9 Å². The predicted octanol–water partition coefficient (Wildman–Crippen LogP) is 7.04. The van der Waals surface area contributed by atoms with Gasteiger partial charge >= 0.3 is 0 Å². The van der Waals surface area contributed by atoms with Gasteiger partial charge in [0, 0.05) is 19.5 Å². The van der Waals surface area contributed by atoms with Gasteiger partial charge in [-0.3, -0.25) is 4.79 Å². The lowest BCUT2D eigenvalue weighted by atomic mass is 10.1. The Morgan fingerprint density at radius 2 is 1.62 bits per heavy atom. The summed E-state index contributed by atoms with van der Waals surface area (Å²) in [6.07, 6.45) is 5.96. The highest BCUT2D eigenvalue weighted by molar-refractivity contribution is 5.77. The van der Waals surface area contributed by atoms with Crippen LogP contribution >= 0.6 is 0 Å². The molecule has 0 radical (unpaired) electrons. The third kappa shape index (κ3) is 8.60. The number of para-hydroxylation sites is 2. The summed E-state index contributed by atoms with van der Waals surface area (Å²) in [6.45, 7) is 10.6. The molecule has 0 unspecified atom stereocenters. The highest BCUT2D eigenvalue weighted by Gasteiger charge is 2.11. The second-order valence-electron chi connectivity index (χ2n) is 10.8. The zero-order valence-corrected chi connectivity index (χ0v) is 24.5. The maximum atomic E-state index is 12.2. The number of ether oxygens (including phenoxy) is 2. The number of carbonyl (C=O) groups is 1. The van der Waals surface area contributed by atoms with Crippen LogP contribution in [0.2, 0.25) is 0 Å². The summed E-state index contributed by atoms with van der Waals surface area (Å²) in [6, 6.07) is 20.8. The van der Waals surface area contributed by atoms with Crippen LogP contribution in [0.3, 0.4) is 0 Å². The topological polar surface area (TPSA) is 65.4 Å². The van der Waals surface area contributed by atoms with Crippen LogP contribution in [0.25, 0.3) is 11.0 Å². The minimum Gasteiger partial charge on any atom is -0.494 e. The summed E-state index contributed by atoms with van der Waals surface area (Å²) < 4.78 is 14.1. The lowest BCUT2D eigenvalue weighted by Crippen LogP contribution is -2.29. The van der Waals surface area contributed by atoms with Crippen molar-refractivity contribution < 1.29 is 14.3 Å². The summed E-state index contributed by atoms with van der Waals surface area (Å²) in [5, 5.41) is 2.98. The van der Waals surface area contributed by atoms with Gasteiger partial charge in [0.05, 0.1) is 17.6 Å². The van der Waals surface area contributed by atoms with Crippen molar-refractivity contribution in [2.45, 2.75) is 72.8 Å². The number of rotatable bonds is 15. The van der Waals surface area contributed by atoms with E-state index in [-0.39, 0.29) is 12.5 Å². The first-order chi connectivity index (χ1) is 19.4. The summed E-state index contributed by atoms with van der Waals surface area (Å²) in [7, 11) is 0. The molecule has 0 aliphatic carbocycles. The van der Waals surface area contributed by atoms with Crippen molar-refractivity contribution in [1.82, 2.24) is 14.9 Å². The number of carbonyl (C=O) groups excluding carboxylic acids is 1. The largest absolute Gasteiger partial charge is 0.494 e. The molecular formula is C34H43N3O3. The van der Waals surface area contributed by atoms with Crippen LogP contribution in [0.15, 0.2) is 60.7 Å². The van der Waals surface area contributed by atoms with E-state index in [0.29, 0.717) is 13.2 Å². The van der Waals surface area contributed by atoms with E-state index in [9.17, 15) is 4.79 Å². The maximum Gasteiger partial charge on any atom is 0.257 e. The van der Waals surface area contributed by atoms with Crippen molar-refractivity contribution in [3.05, 3.63) is 88.7 Å².